The van der Waals surface area contributed by atoms with Crippen molar-refractivity contribution in [3.05, 3.63) is 29.3 Å². The first-order valence-electron chi connectivity index (χ1n) is 19.0. The number of carbonyl (C=O) groups excluding carboxylic acids is 1. The van der Waals surface area contributed by atoms with Gasteiger partial charge in [0.05, 0.1) is 4.11 Å². The third kappa shape index (κ3) is 8.26. The Morgan fingerprint density at radius 2 is 1.62 bits per heavy atom. The Bertz CT molecular complexity index is 1110. The average molecular weight is 544 g/mol. The van der Waals surface area contributed by atoms with Gasteiger partial charge in [-0.1, -0.05) is 110 Å². The third-order valence-corrected chi connectivity index (χ3v) is 10.1. The molecule has 1 aromatic carbocycles. The predicted octanol–water partition coefficient (Wildman–Crippen LogP) is 10.4. The zero-order valence-corrected chi connectivity index (χ0v) is 24.9. The minimum absolute atomic E-state index is 0.0351. The van der Waals surface area contributed by atoms with E-state index in [4.69, 9.17) is 10.2 Å². The molecule has 5 atom stereocenters. The van der Waals surface area contributed by atoms with Crippen molar-refractivity contribution in [1.82, 2.24) is 0 Å². The minimum atomic E-state index is -1.96. The fraction of sp³-hybridized carbons (Fsp3) is 0.806. The van der Waals surface area contributed by atoms with Gasteiger partial charge in [-0.15, -0.1) is 0 Å². The quantitative estimate of drug-likeness (QED) is 0.157. The molecule has 3 nitrogen and oxygen atoms in total. The lowest BCUT2D eigenvalue weighted by atomic mass is 9.55. The second-order valence-corrected chi connectivity index (χ2v) is 13.0. The maximum absolute atomic E-state index is 13.0. The van der Waals surface area contributed by atoms with Crippen molar-refractivity contribution in [2.45, 2.75) is 167 Å². The Hall–Kier alpha value is -1.51. The van der Waals surface area contributed by atoms with Gasteiger partial charge in [0.25, 0.3) is 0 Å². The lowest BCUT2D eigenvalue weighted by molar-refractivity contribution is -0.157. The summed E-state index contributed by atoms with van der Waals surface area (Å²) in [6.07, 6.45) is 17.9. The Labute approximate surface area is 246 Å². The van der Waals surface area contributed by atoms with Gasteiger partial charge in [-0.25, -0.2) is 0 Å². The SMILES string of the molecule is [2H]c1cc2c(c([2H])c1O)CC[C@@H]1[C@@H]2CC[C@@]2(C)[C@H]1CC([2H])([2H])[C@]2([2H])OC(=O)CCCCCCCCCCCCCCCCC. The Kier molecular flexibility index (Phi) is 9.57. The molecule has 3 aliphatic carbocycles. The molecule has 3 heteroatoms. The van der Waals surface area contributed by atoms with Crippen molar-refractivity contribution in [2.24, 2.45) is 17.3 Å². The number of phenolic OH excluding ortho intramolecular Hbond substituents is 1. The molecule has 2 fully saturated rings. The van der Waals surface area contributed by atoms with Crippen molar-refractivity contribution >= 4 is 5.97 Å². The highest BCUT2D eigenvalue weighted by Crippen LogP contribution is 2.61. The number of hydrogen-bond donors (Lipinski definition) is 1. The molecule has 1 aromatic rings. The van der Waals surface area contributed by atoms with Gasteiger partial charge < -0.3 is 9.84 Å². The van der Waals surface area contributed by atoms with Gasteiger partial charge in [-0.3, -0.25) is 4.79 Å². The highest BCUT2D eigenvalue weighted by Gasteiger charge is 2.56. The van der Waals surface area contributed by atoms with Gasteiger partial charge >= 0.3 is 5.97 Å². The van der Waals surface area contributed by atoms with E-state index in [0.29, 0.717) is 19.3 Å². The van der Waals surface area contributed by atoms with Gasteiger partial charge in [0.2, 0.25) is 0 Å². The first kappa shape index (κ1) is 24.1. The molecule has 3 aliphatic rings. The number of phenols is 1. The molecule has 0 radical (unpaired) electrons. The van der Waals surface area contributed by atoms with Gasteiger partial charge in [-0.2, -0.15) is 0 Å². The summed E-state index contributed by atoms with van der Waals surface area (Å²) in [5.41, 5.74) is 0.936. The van der Waals surface area contributed by atoms with Crippen LogP contribution in [0, 0.1) is 17.3 Å². The van der Waals surface area contributed by atoms with E-state index in [1.807, 2.05) is 6.92 Å². The number of fused-ring (bicyclic) bond motifs is 5. The van der Waals surface area contributed by atoms with Gasteiger partial charge in [0, 0.05) is 14.6 Å². The molecule has 0 unspecified atom stereocenters. The normalized spacial score (nSPS) is 32.6. The van der Waals surface area contributed by atoms with Gasteiger partial charge in [0.15, 0.2) is 0 Å². The number of ether oxygens (including phenoxy) is 1. The summed E-state index contributed by atoms with van der Waals surface area (Å²) >= 11 is 0. The maximum Gasteiger partial charge on any atom is 0.306 e. The average Bonchev–Trinajstić information content (AvgIpc) is 3.14. The van der Waals surface area contributed by atoms with E-state index < -0.39 is 23.8 Å². The molecule has 4 rings (SSSR count). The van der Waals surface area contributed by atoms with Crippen LogP contribution in [-0.2, 0) is 16.0 Å². The van der Waals surface area contributed by atoms with Crippen LogP contribution < -0.4 is 0 Å². The number of benzene rings is 1. The van der Waals surface area contributed by atoms with Crippen LogP contribution in [0.5, 0.6) is 5.75 Å². The van der Waals surface area contributed by atoms with Crippen molar-refractivity contribution in [3.8, 4) is 5.75 Å². The zero-order valence-electron chi connectivity index (χ0n) is 29.9. The number of aromatic hydroxyl groups is 1. The number of rotatable bonds is 17. The molecule has 0 heterocycles. The van der Waals surface area contributed by atoms with Crippen molar-refractivity contribution in [3.63, 3.8) is 0 Å². The molecule has 0 bridgehead atoms. The number of unbranched alkanes of at least 4 members (excludes halogenated alkanes) is 14. The van der Waals surface area contributed by atoms with E-state index in [2.05, 4.69) is 6.92 Å². The Morgan fingerprint density at radius 3 is 2.26 bits per heavy atom. The first-order valence-corrected chi connectivity index (χ1v) is 16.5. The van der Waals surface area contributed by atoms with Gasteiger partial charge in [-0.05, 0) is 85.9 Å². The summed E-state index contributed by atoms with van der Waals surface area (Å²) in [4.78, 5) is 13.0. The van der Waals surface area contributed by atoms with E-state index in [1.54, 1.807) is 6.07 Å². The first-order chi connectivity index (χ1) is 21.0. The third-order valence-electron chi connectivity index (χ3n) is 10.1. The summed E-state index contributed by atoms with van der Waals surface area (Å²) in [5.74, 6) is -0.686. The van der Waals surface area contributed by atoms with Crippen LogP contribution in [0.1, 0.15) is 173 Å². The molecule has 0 spiro atoms. The highest BCUT2D eigenvalue weighted by atomic mass is 16.5. The van der Waals surface area contributed by atoms with Crippen LogP contribution in [0.15, 0.2) is 18.2 Å². The van der Waals surface area contributed by atoms with Crippen LogP contribution in [0.25, 0.3) is 0 Å². The summed E-state index contributed by atoms with van der Waals surface area (Å²) in [6.45, 7) is 4.21. The minimum Gasteiger partial charge on any atom is -0.508 e. The molecule has 1 N–H and O–H groups in total. The smallest absolute Gasteiger partial charge is 0.306 e. The molecule has 0 aliphatic heterocycles. The summed E-state index contributed by atoms with van der Waals surface area (Å²) in [6, 6.07) is 1.70. The largest absolute Gasteiger partial charge is 0.508 e. The number of hydrogen-bond acceptors (Lipinski definition) is 3. The molecule has 0 amide bonds. The van der Waals surface area contributed by atoms with E-state index in [0.717, 1.165) is 36.8 Å². The molecular formula is C36H58O3. The maximum atomic E-state index is 13.0. The molecule has 2 saturated carbocycles. The second-order valence-electron chi connectivity index (χ2n) is 13.0. The summed E-state index contributed by atoms with van der Waals surface area (Å²) in [7, 11) is 0. The van der Waals surface area contributed by atoms with E-state index >= 15 is 0 Å². The van der Waals surface area contributed by atoms with Crippen LogP contribution in [0.3, 0.4) is 0 Å². The Balaban J connectivity index is 1.20. The van der Waals surface area contributed by atoms with Crippen molar-refractivity contribution in [2.75, 3.05) is 0 Å². The van der Waals surface area contributed by atoms with Crippen molar-refractivity contribution in [1.29, 1.82) is 0 Å². The van der Waals surface area contributed by atoms with Gasteiger partial charge in [0.1, 0.15) is 11.8 Å². The lowest BCUT2D eigenvalue weighted by Gasteiger charge is -2.50. The van der Waals surface area contributed by atoms with Crippen LogP contribution in [-0.4, -0.2) is 17.2 Å². The van der Waals surface area contributed by atoms with E-state index in [1.165, 1.54) is 77.0 Å². The lowest BCUT2D eigenvalue weighted by Crippen LogP contribution is -2.45. The van der Waals surface area contributed by atoms with Crippen molar-refractivity contribution < 1.29 is 21.5 Å². The molecule has 0 saturated heterocycles. The monoisotopic (exact) mass is 543 g/mol. The number of carbonyl (C=O) groups is 1. The molecule has 220 valence electrons. The molecular weight excluding hydrogens is 480 g/mol. The zero-order chi connectivity index (χ0) is 32.0. The Morgan fingerprint density at radius 1 is 1.00 bits per heavy atom. The fourth-order valence-electron chi connectivity index (χ4n) is 7.75. The van der Waals surface area contributed by atoms with Crippen LogP contribution >= 0.6 is 0 Å². The van der Waals surface area contributed by atoms with E-state index in [9.17, 15) is 11.3 Å². The summed E-state index contributed by atoms with van der Waals surface area (Å²) in [5, 5.41) is 10.2. The fourth-order valence-corrected chi connectivity index (χ4v) is 7.75. The predicted molar refractivity (Wildman–Crippen MR) is 162 cm³/mol. The number of esters is 1. The second kappa shape index (κ2) is 15.5. The standard InChI is InChI=1S/C36H58O3/c1-3-4-5-6-7-8-9-10-11-12-13-14-15-16-17-18-35(38)39-34-24-23-33-32-21-19-28-27-29(37)20-22-30(28)31(32)25-26-36(33,34)2/h20,22,27,31-34,37H,3-19,21,23-26H2,1-2H3/t31-,32-,33+,34+,36+/m1/s1/i20D,24D2,27D,34D. The highest BCUT2D eigenvalue weighted by molar-refractivity contribution is 5.69. The van der Waals surface area contributed by atoms with Crippen LogP contribution in [0.4, 0.5) is 0 Å². The topological polar surface area (TPSA) is 46.5 Å². The summed E-state index contributed by atoms with van der Waals surface area (Å²) < 4.78 is 49.5. The molecule has 0 aromatic heterocycles. The molecule has 39 heavy (non-hydrogen) atoms. The van der Waals surface area contributed by atoms with Crippen LogP contribution in [0.2, 0.25) is 0 Å². The van der Waals surface area contributed by atoms with E-state index in [-0.39, 0.29) is 48.4 Å².